The van der Waals surface area contributed by atoms with E-state index in [1.165, 1.54) is 4.90 Å². The molecule has 1 aliphatic rings. The minimum atomic E-state index is 0.101. The molecule has 2 rings (SSSR count). The van der Waals surface area contributed by atoms with Gasteiger partial charge >= 0.3 is 0 Å². The monoisotopic (exact) mass is 264 g/mol. The number of hydrogen-bond donors (Lipinski definition) is 1. The first kappa shape index (κ1) is 13.4. The number of likely N-dealkylation sites (tertiary alicyclic amines) is 1. The van der Waals surface area contributed by atoms with E-state index < -0.39 is 0 Å². The summed E-state index contributed by atoms with van der Waals surface area (Å²) in [4.78, 5) is 15.2. The Hall–Kier alpha value is -1.00. The molecule has 0 radical (unpaired) electrons. The van der Waals surface area contributed by atoms with E-state index in [1.807, 2.05) is 29.2 Å². The second kappa shape index (κ2) is 5.76. The Bertz CT molecular complexity index is 416. The lowest BCUT2D eigenvalue weighted by molar-refractivity contribution is 0.0791. The van der Waals surface area contributed by atoms with E-state index in [-0.39, 0.29) is 11.9 Å². The summed E-state index contributed by atoms with van der Waals surface area (Å²) in [6, 6.07) is 8.01. The van der Waals surface area contributed by atoms with E-state index >= 15 is 0 Å². The van der Waals surface area contributed by atoms with Crippen molar-refractivity contribution in [2.45, 2.75) is 36.5 Å². The standard InChI is InChI=1S/C14H20N2OS/c1-10(2)18-13-5-3-11(4-6-13)14(17)16-8-7-12(15)9-16/h3-6,10,12H,7-9,15H2,1-2H3/t12-/m0/s1. The highest BCUT2D eigenvalue weighted by atomic mass is 32.2. The molecule has 0 aromatic heterocycles. The van der Waals surface area contributed by atoms with E-state index in [2.05, 4.69) is 13.8 Å². The number of thioether (sulfide) groups is 1. The van der Waals surface area contributed by atoms with Crippen molar-refractivity contribution in [3.63, 3.8) is 0 Å². The predicted molar refractivity (Wildman–Crippen MR) is 75.9 cm³/mol. The van der Waals surface area contributed by atoms with E-state index in [0.29, 0.717) is 11.8 Å². The summed E-state index contributed by atoms with van der Waals surface area (Å²) >= 11 is 1.81. The van der Waals surface area contributed by atoms with E-state index in [0.717, 1.165) is 18.5 Å². The lowest BCUT2D eigenvalue weighted by atomic mass is 10.2. The van der Waals surface area contributed by atoms with Crippen LogP contribution in [-0.2, 0) is 0 Å². The van der Waals surface area contributed by atoms with Crippen molar-refractivity contribution in [3.05, 3.63) is 29.8 Å². The number of nitrogens with two attached hydrogens (primary N) is 1. The summed E-state index contributed by atoms with van der Waals surface area (Å²) in [5.41, 5.74) is 6.58. The summed E-state index contributed by atoms with van der Waals surface area (Å²) in [6.07, 6.45) is 0.910. The van der Waals surface area contributed by atoms with Crippen LogP contribution in [0.15, 0.2) is 29.2 Å². The number of nitrogens with zero attached hydrogens (tertiary/aromatic N) is 1. The van der Waals surface area contributed by atoms with Gasteiger partial charge in [-0.05, 0) is 30.7 Å². The lowest BCUT2D eigenvalue weighted by Gasteiger charge is -2.16. The van der Waals surface area contributed by atoms with Crippen molar-refractivity contribution in [2.75, 3.05) is 13.1 Å². The number of amides is 1. The maximum atomic E-state index is 12.2. The third-order valence-electron chi connectivity index (χ3n) is 2.98. The minimum Gasteiger partial charge on any atom is -0.337 e. The maximum Gasteiger partial charge on any atom is 0.253 e. The van der Waals surface area contributed by atoms with Crippen LogP contribution in [0.3, 0.4) is 0 Å². The highest BCUT2D eigenvalue weighted by Crippen LogP contribution is 2.23. The molecule has 0 spiro atoms. The van der Waals surface area contributed by atoms with Gasteiger partial charge in [-0.15, -0.1) is 11.8 Å². The summed E-state index contributed by atoms with van der Waals surface area (Å²) in [7, 11) is 0. The molecule has 1 aromatic carbocycles. The topological polar surface area (TPSA) is 46.3 Å². The van der Waals surface area contributed by atoms with Crippen LogP contribution in [0.5, 0.6) is 0 Å². The molecule has 1 heterocycles. The van der Waals surface area contributed by atoms with Crippen molar-refractivity contribution in [2.24, 2.45) is 5.73 Å². The number of carbonyl (C=O) groups excluding carboxylic acids is 1. The van der Waals surface area contributed by atoms with Crippen LogP contribution in [0.1, 0.15) is 30.6 Å². The summed E-state index contributed by atoms with van der Waals surface area (Å²) in [6.45, 7) is 5.79. The fourth-order valence-corrected chi connectivity index (χ4v) is 2.94. The average molecular weight is 264 g/mol. The molecule has 0 aliphatic carbocycles. The van der Waals surface area contributed by atoms with Gasteiger partial charge in [-0.1, -0.05) is 13.8 Å². The minimum absolute atomic E-state index is 0.101. The Morgan fingerprint density at radius 1 is 1.39 bits per heavy atom. The highest BCUT2D eigenvalue weighted by Gasteiger charge is 2.24. The summed E-state index contributed by atoms with van der Waals surface area (Å²) in [5.74, 6) is 0.101. The molecule has 0 bridgehead atoms. The molecule has 0 saturated carbocycles. The second-order valence-corrected chi connectivity index (χ2v) is 6.64. The Kier molecular flexibility index (Phi) is 4.30. The van der Waals surface area contributed by atoms with Gasteiger partial charge in [0.25, 0.3) is 5.91 Å². The SMILES string of the molecule is CC(C)Sc1ccc(C(=O)N2CC[C@H](N)C2)cc1. The fraction of sp³-hybridized carbons (Fsp3) is 0.500. The van der Waals surface area contributed by atoms with Crippen molar-refractivity contribution in [1.82, 2.24) is 4.90 Å². The van der Waals surface area contributed by atoms with Gasteiger partial charge in [-0.2, -0.15) is 0 Å². The second-order valence-electron chi connectivity index (χ2n) is 4.99. The third kappa shape index (κ3) is 3.27. The molecular weight excluding hydrogens is 244 g/mol. The average Bonchev–Trinajstić information content (AvgIpc) is 2.75. The Morgan fingerprint density at radius 3 is 2.56 bits per heavy atom. The van der Waals surface area contributed by atoms with Gasteiger partial charge in [0.05, 0.1) is 0 Å². The quantitative estimate of drug-likeness (QED) is 0.853. The highest BCUT2D eigenvalue weighted by molar-refractivity contribution is 7.99. The van der Waals surface area contributed by atoms with Crippen molar-refractivity contribution in [1.29, 1.82) is 0 Å². The summed E-state index contributed by atoms with van der Waals surface area (Å²) in [5, 5.41) is 0.558. The van der Waals surface area contributed by atoms with Gasteiger partial charge < -0.3 is 10.6 Å². The number of hydrogen-bond acceptors (Lipinski definition) is 3. The van der Waals surface area contributed by atoms with Crippen LogP contribution in [0.2, 0.25) is 0 Å². The maximum absolute atomic E-state index is 12.2. The summed E-state index contributed by atoms with van der Waals surface area (Å²) < 4.78 is 0. The van der Waals surface area contributed by atoms with Crippen LogP contribution in [-0.4, -0.2) is 35.2 Å². The molecule has 1 amide bonds. The molecule has 4 heteroatoms. The van der Waals surface area contributed by atoms with Gasteiger partial charge in [-0.25, -0.2) is 0 Å². The fourth-order valence-electron chi connectivity index (χ4n) is 2.10. The van der Waals surface area contributed by atoms with E-state index in [1.54, 1.807) is 11.8 Å². The third-order valence-corrected chi connectivity index (χ3v) is 4.00. The van der Waals surface area contributed by atoms with E-state index in [9.17, 15) is 4.79 Å². The Labute approximate surface area is 113 Å². The van der Waals surface area contributed by atoms with Gasteiger partial charge in [0.1, 0.15) is 0 Å². The first-order chi connectivity index (χ1) is 8.56. The molecule has 1 saturated heterocycles. The van der Waals surface area contributed by atoms with Gasteiger partial charge in [0.15, 0.2) is 0 Å². The van der Waals surface area contributed by atoms with Gasteiger partial charge in [0, 0.05) is 34.8 Å². The lowest BCUT2D eigenvalue weighted by Crippen LogP contribution is -2.31. The zero-order chi connectivity index (χ0) is 13.1. The van der Waals surface area contributed by atoms with Crippen molar-refractivity contribution in [3.8, 4) is 0 Å². The molecule has 1 aromatic rings. The van der Waals surface area contributed by atoms with Crippen LogP contribution in [0.25, 0.3) is 0 Å². The molecule has 18 heavy (non-hydrogen) atoms. The van der Waals surface area contributed by atoms with Crippen LogP contribution < -0.4 is 5.73 Å². The molecule has 1 atom stereocenters. The smallest absolute Gasteiger partial charge is 0.253 e. The molecular formula is C14H20N2OS. The number of rotatable bonds is 3. The van der Waals surface area contributed by atoms with Gasteiger partial charge in [-0.3, -0.25) is 4.79 Å². The molecule has 2 N–H and O–H groups in total. The Balaban J connectivity index is 2.03. The molecule has 3 nitrogen and oxygen atoms in total. The number of benzene rings is 1. The predicted octanol–water partition coefficient (Wildman–Crippen LogP) is 2.36. The van der Waals surface area contributed by atoms with E-state index in [4.69, 9.17) is 5.73 Å². The molecule has 1 fully saturated rings. The van der Waals surface area contributed by atoms with Crippen LogP contribution in [0, 0.1) is 0 Å². The van der Waals surface area contributed by atoms with Crippen LogP contribution >= 0.6 is 11.8 Å². The normalized spacial score (nSPS) is 19.6. The molecule has 98 valence electrons. The Morgan fingerprint density at radius 2 is 2.06 bits per heavy atom. The van der Waals surface area contributed by atoms with Crippen molar-refractivity contribution < 1.29 is 4.79 Å². The number of carbonyl (C=O) groups is 1. The first-order valence-electron chi connectivity index (χ1n) is 6.38. The molecule has 1 aliphatic heterocycles. The van der Waals surface area contributed by atoms with Gasteiger partial charge in [0.2, 0.25) is 0 Å². The molecule has 0 unspecified atom stereocenters. The van der Waals surface area contributed by atoms with Crippen molar-refractivity contribution >= 4 is 17.7 Å². The zero-order valence-corrected chi connectivity index (χ0v) is 11.7. The zero-order valence-electron chi connectivity index (χ0n) is 10.9. The largest absolute Gasteiger partial charge is 0.337 e. The first-order valence-corrected chi connectivity index (χ1v) is 7.26. The van der Waals surface area contributed by atoms with Crippen LogP contribution in [0.4, 0.5) is 0 Å².